The summed E-state index contributed by atoms with van der Waals surface area (Å²) in [5, 5.41) is 9.21. The number of nitrogens with one attached hydrogen (secondary N) is 2. The average molecular weight is 259 g/mol. The number of hydrogen-bond donors (Lipinski definition) is 2. The lowest BCUT2D eigenvalue weighted by molar-refractivity contribution is -0.116. The number of aromatic amines is 1. The molecule has 1 aliphatic rings. The van der Waals surface area contributed by atoms with Crippen LogP contribution in [0, 0.1) is 5.92 Å². The highest BCUT2D eigenvalue weighted by Gasteiger charge is 2.36. The van der Waals surface area contributed by atoms with Crippen molar-refractivity contribution in [2.75, 3.05) is 5.32 Å². The van der Waals surface area contributed by atoms with E-state index in [9.17, 15) is 4.79 Å². The van der Waals surface area contributed by atoms with Gasteiger partial charge in [-0.3, -0.25) is 9.89 Å². The number of furan rings is 1. The summed E-state index contributed by atoms with van der Waals surface area (Å²) in [7, 11) is 0. The first-order valence-electron chi connectivity index (χ1n) is 6.60. The highest BCUT2D eigenvalue weighted by atomic mass is 16.3. The fraction of sp³-hybridized carbons (Fsp3) is 0.429. The fourth-order valence-corrected chi connectivity index (χ4v) is 2.22. The van der Waals surface area contributed by atoms with Crippen LogP contribution < -0.4 is 5.32 Å². The van der Waals surface area contributed by atoms with E-state index in [0.717, 1.165) is 17.4 Å². The molecule has 1 aliphatic carbocycles. The number of rotatable bonds is 5. The summed E-state index contributed by atoms with van der Waals surface area (Å²) in [6.45, 7) is 2.23. The smallest absolute Gasteiger partial charge is 0.225 e. The van der Waals surface area contributed by atoms with Crippen LogP contribution in [0.25, 0.3) is 0 Å². The Morgan fingerprint density at radius 1 is 1.53 bits per heavy atom. The van der Waals surface area contributed by atoms with Gasteiger partial charge >= 0.3 is 0 Å². The normalized spacial score (nSPS) is 21.3. The maximum Gasteiger partial charge on any atom is 0.225 e. The Labute approximate surface area is 111 Å². The van der Waals surface area contributed by atoms with Gasteiger partial charge in [-0.05, 0) is 24.5 Å². The number of H-pyrrole nitrogens is 1. The molecule has 2 aromatic rings. The molecule has 1 amide bonds. The molecule has 0 radical (unpaired) electrons. The Morgan fingerprint density at radius 2 is 2.37 bits per heavy atom. The molecule has 2 aromatic heterocycles. The minimum Gasteiger partial charge on any atom is -0.466 e. The molecule has 2 atom stereocenters. The van der Waals surface area contributed by atoms with Crippen LogP contribution in [0.15, 0.2) is 28.8 Å². The van der Waals surface area contributed by atoms with Gasteiger partial charge in [0, 0.05) is 24.8 Å². The van der Waals surface area contributed by atoms with Crippen molar-refractivity contribution in [3.8, 4) is 0 Å². The number of nitrogens with zero attached hydrogens (tertiary/aromatic N) is 1. The van der Waals surface area contributed by atoms with Gasteiger partial charge < -0.3 is 9.73 Å². The fourth-order valence-electron chi connectivity index (χ4n) is 2.22. The van der Waals surface area contributed by atoms with Crippen LogP contribution in [0.2, 0.25) is 0 Å². The second-order valence-corrected chi connectivity index (χ2v) is 5.14. The van der Waals surface area contributed by atoms with Gasteiger partial charge in [-0.25, -0.2) is 0 Å². The Balaban J connectivity index is 1.49. The van der Waals surface area contributed by atoms with Crippen molar-refractivity contribution in [1.29, 1.82) is 0 Å². The van der Waals surface area contributed by atoms with E-state index in [2.05, 4.69) is 22.4 Å². The second kappa shape index (κ2) is 4.91. The van der Waals surface area contributed by atoms with Crippen molar-refractivity contribution in [3.05, 3.63) is 35.9 Å². The Bertz CT molecular complexity index is 559. The predicted molar refractivity (Wildman–Crippen MR) is 70.8 cm³/mol. The number of carbonyl (C=O) groups is 1. The van der Waals surface area contributed by atoms with Gasteiger partial charge in [0.2, 0.25) is 5.91 Å². The third-order valence-electron chi connectivity index (χ3n) is 3.53. The molecular weight excluding hydrogens is 242 g/mol. The molecule has 5 nitrogen and oxygen atoms in total. The number of aryl methyl sites for hydroxylation is 1. The van der Waals surface area contributed by atoms with Crippen LogP contribution in [0.5, 0.6) is 0 Å². The number of hydrogen-bond acceptors (Lipinski definition) is 3. The molecule has 0 aliphatic heterocycles. The van der Waals surface area contributed by atoms with E-state index < -0.39 is 0 Å². The van der Waals surface area contributed by atoms with Crippen molar-refractivity contribution in [1.82, 2.24) is 10.2 Å². The zero-order valence-corrected chi connectivity index (χ0v) is 10.8. The summed E-state index contributed by atoms with van der Waals surface area (Å²) in [6, 6.07) is 5.73. The summed E-state index contributed by atoms with van der Waals surface area (Å²) >= 11 is 0. The lowest BCUT2D eigenvalue weighted by atomic mass is 10.2. The van der Waals surface area contributed by atoms with E-state index in [1.165, 1.54) is 6.42 Å². The summed E-state index contributed by atoms with van der Waals surface area (Å²) in [5.41, 5.74) is 0. The molecule has 19 heavy (non-hydrogen) atoms. The van der Waals surface area contributed by atoms with Crippen molar-refractivity contribution < 1.29 is 9.21 Å². The zero-order chi connectivity index (χ0) is 13.2. The Morgan fingerprint density at radius 3 is 3.05 bits per heavy atom. The largest absolute Gasteiger partial charge is 0.466 e. The Kier molecular flexibility index (Phi) is 3.11. The van der Waals surface area contributed by atoms with Crippen molar-refractivity contribution >= 4 is 11.7 Å². The molecule has 2 N–H and O–H groups in total. The van der Waals surface area contributed by atoms with E-state index in [0.29, 0.717) is 24.6 Å². The van der Waals surface area contributed by atoms with Crippen molar-refractivity contribution in [3.63, 3.8) is 0 Å². The van der Waals surface area contributed by atoms with Gasteiger partial charge in [-0.15, -0.1) is 0 Å². The predicted octanol–water partition coefficient (Wildman–Crippen LogP) is 2.70. The summed E-state index contributed by atoms with van der Waals surface area (Å²) in [6.07, 6.45) is 3.85. The highest BCUT2D eigenvalue weighted by molar-refractivity contribution is 5.89. The third-order valence-corrected chi connectivity index (χ3v) is 3.53. The third kappa shape index (κ3) is 2.86. The van der Waals surface area contributed by atoms with Gasteiger partial charge in [-0.2, -0.15) is 5.10 Å². The standard InChI is InChI=1S/C14H17N3O2/c1-9-8-11(9)12-4-2-10(19-12)3-5-14(18)16-13-6-7-15-17-13/h2,4,6-7,9,11H,3,5,8H2,1H3,(H2,15,16,17,18). The number of amides is 1. The van der Waals surface area contributed by atoms with Crippen molar-refractivity contribution in [2.24, 2.45) is 5.92 Å². The minimum absolute atomic E-state index is 0.0398. The monoisotopic (exact) mass is 259 g/mol. The van der Waals surface area contributed by atoms with E-state index in [1.807, 2.05) is 12.1 Å². The molecule has 0 spiro atoms. The van der Waals surface area contributed by atoms with Gasteiger partial charge in [0.25, 0.3) is 0 Å². The number of aromatic nitrogens is 2. The van der Waals surface area contributed by atoms with Crippen molar-refractivity contribution in [2.45, 2.75) is 32.1 Å². The molecule has 0 saturated heterocycles. The average Bonchev–Trinajstić information content (AvgIpc) is 2.87. The molecule has 0 aromatic carbocycles. The first-order valence-corrected chi connectivity index (χ1v) is 6.60. The van der Waals surface area contributed by atoms with Crippen LogP contribution in [-0.2, 0) is 11.2 Å². The van der Waals surface area contributed by atoms with Crippen LogP contribution >= 0.6 is 0 Å². The quantitative estimate of drug-likeness (QED) is 0.867. The van der Waals surface area contributed by atoms with E-state index in [4.69, 9.17) is 4.42 Å². The van der Waals surface area contributed by atoms with Crippen LogP contribution in [0.1, 0.15) is 37.2 Å². The molecule has 5 heteroatoms. The van der Waals surface area contributed by atoms with Gasteiger partial charge in [0.15, 0.2) is 0 Å². The highest BCUT2D eigenvalue weighted by Crippen LogP contribution is 2.47. The van der Waals surface area contributed by atoms with E-state index in [1.54, 1.807) is 12.3 Å². The first kappa shape index (κ1) is 12.0. The van der Waals surface area contributed by atoms with Crippen LogP contribution in [-0.4, -0.2) is 16.1 Å². The summed E-state index contributed by atoms with van der Waals surface area (Å²) < 4.78 is 5.76. The lowest BCUT2D eigenvalue weighted by Crippen LogP contribution is -2.12. The lowest BCUT2D eigenvalue weighted by Gasteiger charge is -2.00. The Hall–Kier alpha value is -2.04. The van der Waals surface area contributed by atoms with E-state index >= 15 is 0 Å². The molecule has 3 rings (SSSR count). The zero-order valence-electron chi connectivity index (χ0n) is 10.8. The van der Waals surface area contributed by atoms with Gasteiger partial charge in [0.05, 0.1) is 6.20 Å². The molecule has 2 unspecified atom stereocenters. The van der Waals surface area contributed by atoms with E-state index in [-0.39, 0.29) is 5.91 Å². The summed E-state index contributed by atoms with van der Waals surface area (Å²) in [4.78, 5) is 11.7. The maximum atomic E-state index is 11.7. The first-order chi connectivity index (χ1) is 9.22. The summed E-state index contributed by atoms with van der Waals surface area (Å²) in [5.74, 6) is 3.86. The number of carbonyl (C=O) groups excluding carboxylic acids is 1. The maximum absolute atomic E-state index is 11.7. The van der Waals surface area contributed by atoms with Gasteiger partial charge in [0.1, 0.15) is 17.3 Å². The topological polar surface area (TPSA) is 70.9 Å². The minimum atomic E-state index is -0.0398. The number of anilines is 1. The molecule has 100 valence electrons. The van der Waals surface area contributed by atoms with Crippen LogP contribution in [0.3, 0.4) is 0 Å². The second-order valence-electron chi connectivity index (χ2n) is 5.14. The van der Waals surface area contributed by atoms with Gasteiger partial charge in [-0.1, -0.05) is 6.92 Å². The molecule has 2 heterocycles. The molecule has 1 fully saturated rings. The SMILES string of the molecule is CC1CC1c1ccc(CCC(=O)Nc2ccn[nH]2)o1. The van der Waals surface area contributed by atoms with Crippen LogP contribution in [0.4, 0.5) is 5.82 Å². The molecular formula is C14H17N3O2. The molecule has 0 bridgehead atoms. The molecule has 1 saturated carbocycles.